The van der Waals surface area contributed by atoms with Crippen molar-refractivity contribution in [3.8, 4) is 0 Å². The van der Waals surface area contributed by atoms with E-state index in [1.807, 2.05) is 11.8 Å². The molecule has 2 N–H and O–H groups in total. The van der Waals surface area contributed by atoms with E-state index < -0.39 is 0 Å². The molecule has 1 atom stereocenters. The maximum atomic E-state index is 12.1. The van der Waals surface area contributed by atoms with Crippen molar-refractivity contribution in [2.45, 2.75) is 30.8 Å². The predicted octanol–water partition coefficient (Wildman–Crippen LogP) is 0.309. The molecule has 0 spiro atoms. The first-order chi connectivity index (χ1) is 9.62. The van der Waals surface area contributed by atoms with Crippen LogP contribution in [0, 0.1) is 0 Å². The summed E-state index contributed by atoms with van der Waals surface area (Å²) in [7, 11) is 4.19. The molecular formula is C14H27N3O2S. The number of amides is 1. The van der Waals surface area contributed by atoms with Crippen molar-refractivity contribution < 1.29 is 9.53 Å². The molecule has 0 saturated carbocycles. The summed E-state index contributed by atoms with van der Waals surface area (Å²) in [5.41, 5.74) is 0.0582. The molecule has 2 rings (SSSR count). The van der Waals surface area contributed by atoms with E-state index in [9.17, 15) is 4.79 Å². The highest BCUT2D eigenvalue weighted by Gasteiger charge is 2.35. The molecule has 0 aromatic heterocycles. The molecule has 1 unspecified atom stereocenters. The normalized spacial score (nSPS) is 26.4. The molecule has 0 aromatic rings. The van der Waals surface area contributed by atoms with Crippen LogP contribution in [0.25, 0.3) is 0 Å². The first kappa shape index (κ1) is 16.1. The van der Waals surface area contributed by atoms with Gasteiger partial charge in [0.1, 0.15) is 0 Å². The number of nitrogens with zero attached hydrogens (tertiary/aromatic N) is 1. The van der Waals surface area contributed by atoms with Gasteiger partial charge in [0.05, 0.1) is 0 Å². The molecule has 6 heteroatoms. The highest BCUT2D eigenvalue weighted by atomic mass is 32.2. The molecule has 0 bridgehead atoms. The fourth-order valence-electron chi connectivity index (χ4n) is 2.84. The predicted molar refractivity (Wildman–Crippen MR) is 83.2 cm³/mol. The van der Waals surface area contributed by atoms with Crippen LogP contribution in [-0.4, -0.2) is 74.3 Å². The van der Waals surface area contributed by atoms with Gasteiger partial charge in [-0.15, -0.1) is 0 Å². The molecule has 2 heterocycles. The summed E-state index contributed by atoms with van der Waals surface area (Å²) in [6, 6.07) is 0.332. The fourth-order valence-corrected chi connectivity index (χ4v) is 3.79. The zero-order valence-electron chi connectivity index (χ0n) is 12.6. The summed E-state index contributed by atoms with van der Waals surface area (Å²) in [6.45, 7) is 3.31. The number of likely N-dealkylation sites (N-methyl/N-ethyl adjacent to an activating group) is 1. The topological polar surface area (TPSA) is 53.6 Å². The van der Waals surface area contributed by atoms with Crippen LogP contribution in [-0.2, 0) is 9.53 Å². The summed E-state index contributed by atoms with van der Waals surface area (Å²) in [5.74, 6) is 2.36. The van der Waals surface area contributed by atoms with Crippen LogP contribution in [0.3, 0.4) is 0 Å². The van der Waals surface area contributed by atoms with E-state index in [1.165, 1.54) is 0 Å². The Balaban J connectivity index is 1.78. The fraction of sp³-hybridized carbons (Fsp3) is 0.929. The summed E-state index contributed by atoms with van der Waals surface area (Å²) in [4.78, 5) is 14.3. The molecule has 0 radical (unpaired) electrons. The highest BCUT2D eigenvalue weighted by Crippen LogP contribution is 2.25. The number of ether oxygens (including phenoxy) is 1. The van der Waals surface area contributed by atoms with Gasteiger partial charge in [0.2, 0.25) is 5.91 Å². The van der Waals surface area contributed by atoms with Crippen molar-refractivity contribution in [3.05, 3.63) is 0 Å². The summed E-state index contributed by atoms with van der Waals surface area (Å²) < 4.78 is 5.45. The monoisotopic (exact) mass is 301 g/mol. The van der Waals surface area contributed by atoms with E-state index in [0.29, 0.717) is 12.5 Å². The van der Waals surface area contributed by atoms with Gasteiger partial charge in [-0.25, -0.2) is 0 Å². The minimum Gasteiger partial charge on any atom is -0.381 e. The van der Waals surface area contributed by atoms with Crippen LogP contribution < -0.4 is 10.6 Å². The Kier molecular flexibility index (Phi) is 6.14. The van der Waals surface area contributed by atoms with Gasteiger partial charge in [0.15, 0.2) is 0 Å². The van der Waals surface area contributed by atoms with E-state index in [-0.39, 0.29) is 11.4 Å². The summed E-state index contributed by atoms with van der Waals surface area (Å²) in [6.07, 6.45) is 2.56. The van der Waals surface area contributed by atoms with E-state index in [1.54, 1.807) is 0 Å². The van der Waals surface area contributed by atoms with Crippen LogP contribution in [0.1, 0.15) is 19.3 Å². The molecule has 2 aliphatic rings. The van der Waals surface area contributed by atoms with Gasteiger partial charge in [-0.2, -0.15) is 11.8 Å². The lowest BCUT2D eigenvalue weighted by atomic mass is 9.88. The smallest absolute Gasteiger partial charge is 0.221 e. The summed E-state index contributed by atoms with van der Waals surface area (Å²) in [5, 5.41) is 6.54. The van der Waals surface area contributed by atoms with Crippen LogP contribution in [0.2, 0.25) is 0 Å². The van der Waals surface area contributed by atoms with E-state index in [2.05, 4.69) is 29.6 Å². The molecule has 5 nitrogen and oxygen atoms in total. The maximum Gasteiger partial charge on any atom is 0.221 e. The number of carbonyl (C=O) groups excluding carboxylic acids is 1. The van der Waals surface area contributed by atoms with Crippen molar-refractivity contribution in [2.24, 2.45) is 0 Å². The first-order valence-corrected chi connectivity index (χ1v) is 8.61. The van der Waals surface area contributed by atoms with Gasteiger partial charge in [-0.3, -0.25) is 4.79 Å². The van der Waals surface area contributed by atoms with Crippen LogP contribution in [0.5, 0.6) is 0 Å². The number of nitrogens with one attached hydrogen (secondary N) is 2. The van der Waals surface area contributed by atoms with Crippen LogP contribution in [0.15, 0.2) is 0 Å². The average Bonchev–Trinajstić information content (AvgIpc) is 2.47. The zero-order chi connectivity index (χ0) is 14.4. The van der Waals surface area contributed by atoms with Crippen molar-refractivity contribution in [1.29, 1.82) is 0 Å². The van der Waals surface area contributed by atoms with E-state index in [4.69, 9.17) is 4.74 Å². The molecule has 2 aliphatic heterocycles. The second-order valence-corrected chi connectivity index (χ2v) is 7.09. The van der Waals surface area contributed by atoms with E-state index in [0.717, 1.165) is 50.7 Å². The molecule has 2 fully saturated rings. The SMILES string of the molecule is CN(C)C1(CNC(=O)CC2CSCCN2)CCOCC1. The quantitative estimate of drug-likeness (QED) is 0.765. The van der Waals surface area contributed by atoms with Crippen molar-refractivity contribution in [2.75, 3.05) is 51.9 Å². The van der Waals surface area contributed by atoms with Gasteiger partial charge < -0.3 is 20.3 Å². The van der Waals surface area contributed by atoms with Gasteiger partial charge in [-0.1, -0.05) is 0 Å². The van der Waals surface area contributed by atoms with Gasteiger partial charge >= 0.3 is 0 Å². The Morgan fingerprint density at radius 3 is 2.80 bits per heavy atom. The Labute approximate surface area is 126 Å². The Hall–Kier alpha value is -0.300. The largest absolute Gasteiger partial charge is 0.381 e. The zero-order valence-corrected chi connectivity index (χ0v) is 13.4. The average molecular weight is 301 g/mol. The summed E-state index contributed by atoms with van der Waals surface area (Å²) >= 11 is 1.93. The van der Waals surface area contributed by atoms with Gasteiger partial charge in [0, 0.05) is 55.8 Å². The van der Waals surface area contributed by atoms with Gasteiger partial charge in [-0.05, 0) is 26.9 Å². The molecular weight excluding hydrogens is 274 g/mol. The Bertz CT molecular complexity index is 314. The third kappa shape index (κ3) is 4.35. The number of thioether (sulfide) groups is 1. The second-order valence-electron chi connectivity index (χ2n) is 5.94. The first-order valence-electron chi connectivity index (χ1n) is 7.45. The third-order valence-electron chi connectivity index (χ3n) is 4.42. The molecule has 0 aliphatic carbocycles. The van der Waals surface area contributed by atoms with Crippen molar-refractivity contribution in [1.82, 2.24) is 15.5 Å². The second kappa shape index (κ2) is 7.64. The Morgan fingerprint density at radius 2 is 2.20 bits per heavy atom. The van der Waals surface area contributed by atoms with Crippen molar-refractivity contribution >= 4 is 17.7 Å². The number of carbonyl (C=O) groups is 1. The molecule has 116 valence electrons. The van der Waals surface area contributed by atoms with E-state index >= 15 is 0 Å². The van der Waals surface area contributed by atoms with Crippen molar-refractivity contribution in [3.63, 3.8) is 0 Å². The molecule has 2 saturated heterocycles. The number of rotatable bonds is 5. The minimum absolute atomic E-state index is 0.0582. The molecule has 20 heavy (non-hydrogen) atoms. The lowest BCUT2D eigenvalue weighted by Crippen LogP contribution is -2.56. The van der Waals surface area contributed by atoms with Crippen LogP contribution in [0.4, 0.5) is 0 Å². The number of hydrogen-bond acceptors (Lipinski definition) is 5. The lowest BCUT2D eigenvalue weighted by molar-refractivity contribution is -0.122. The Morgan fingerprint density at radius 1 is 1.45 bits per heavy atom. The standard InChI is InChI=1S/C14H27N3O2S/c1-17(2)14(3-6-19-7-4-14)11-16-13(18)9-12-10-20-8-5-15-12/h12,15H,3-11H2,1-2H3,(H,16,18). The van der Waals surface area contributed by atoms with Crippen LogP contribution >= 0.6 is 11.8 Å². The minimum atomic E-state index is 0.0582. The molecule has 1 amide bonds. The number of hydrogen-bond donors (Lipinski definition) is 2. The highest BCUT2D eigenvalue weighted by molar-refractivity contribution is 7.99. The molecule has 0 aromatic carbocycles. The lowest BCUT2D eigenvalue weighted by Gasteiger charge is -2.43. The maximum absolute atomic E-state index is 12.1. The third-order valence-corrected chi connectivity index (χ3v) is 5.55. The van der Waals surface area contributed by atoms with Gasteiger partial charge in [0.25, 0.3) is 0 Å².